The van der Waals surface area contributed by atoms with E-state index in [4.69, 9.17) is 0 Å². The van der Waals surface area contributed by atoms with Crippen molar-refractivity contribution >= 4 is 0 Å². The van der Waals surface area contributed by atoms with Gasteiger partial charge in [-0.1, -0.05) is 20.3 Å². The van der Waals surface area contributed by atoms with Crippen molar-refractivity contribution in [3.63, 3.8) is 0 Å². The van der Waals surface area contributed by atoms with Gasteiger partial charge in [0, 0.05) is 24.7 Å². The van der Waals surface area contributed by atoms with Crippen LogP contribution in [0.4, 0.5) is 0 Å². The summed E-state index contributed by atoms with van der Waals surface area (Å²) < 4.78 is 0. The molecule has 0 aromatic rings. The van der Waals surface area contributed by atoms with Crippen molar-refractivity contribution in [3.05, 3.63) is 0 Å². The first-order valence-electron chi connectivity index (χ1n) is 9.29. The molecule has 0 aromatic heterocycles. The van der Waals surface area contributed by atoms with Crippen LogP contribution in [-0.2, 0) is 0 Å². The Kier molecular flexibility index (Phi) is 6.97. The van der Waals surface area contributed by atoms with Crippen molar-refractivity contribution in [2.24, 2.45) is 5.92 Å². The molecule has 2 rings (SSSR count). The molecule has 1 aliphatic heterocycles. The van der Waals surface area contributed by atoms with Crippen LogP contribution in [0, 0.1) is 5.92 Å². The fourth-order valence-corrected chi connectivity index (χ4v) is 4.28. The molecule has 4 atom stereocenters. The molecule has 1 aliphatic carbocycles. The lowest BCUT2D eigenvalue weighted by Crippen LogP contribution is -2.57. The van der Waals surface area contributed by atoms with E-state index < -0.39 is 0 Å². The average Bonchev–Trinajstić information content (AvgIpc) is 2.52. The SMILES string of the molecule is CCCNC1CCC(CC)CC1N1CCCC(N(C)C)C1. The molecule has 4 unspecified atom stereocenters. The Morgan fingerprint density at radius 3 is 2.62 bits per heavy atom. The van der Waals surface area contributed by atoms with E-state index in [2.05, 4.69) is 43.1 Å². The standard InChI is InChI=1S/C18H37N3/c1-5-11-19-17-10-9-15(6-2)13-18(17)21-12-7-8-16(14-21)20(3)4/h15-19H,5-14H2,1-4H3. The second-order valence-electron chi connectivity index (χ2n) is 7.47. The molecule has 0 bridgehead atoms. The third-order valence-corrected chi connectivity index (χ3v) is 5.79. The fourth-order valence-electron chi connectivity index (χ4n) is 4.28. The molecule has 0 amide bonds. The summed E-state index contributed by atoms with van der Waals surface area (Å²) in [4.78, 5) is 5.25. The summed E-state index contributed by atoms with van der Waals surface area (Å²) >= 11 is 0. The predicted molar refractivity (Wildman–Crippen MR) is 91.8 cm³/mol. The summed E-state index contributed by atoms with van der Waals surface area (Å²) in [5.74, 6) is 0.953. The zero-order valence-electron chi connectivity index (χ0n) is 14.8. The first kappa shape index (κ1) is 17.2. The lowest BCUT2D eigenvalue weighted by Gasteiger charge is -2.47. The van der Waals surface area contributed by atoms with Crippen LogP contribution in [0.3, 0.4) is 0 Å². The number of nitrogens with zero attached hydrogens (tertiary/aromatic N) is 2. The number of hydrogen-bond acceptors (Lipinski definition) is 3. The van der Waals surface area contributed by atoms with Gasteiger partial charge < -0.3 is 10.2 Å². The van der Waals surface area contributed by atoms with E-state index in [0.717, 1.165) is 24.0 Å². The highest BCUT2D eigenvalue weighted by Gasteiger charge is 2.35. The molecule has 0 spiro atoms. The Hall–Kier alpha value is -0.120. The molecule has 0 radical (unpaired) electrons. The van der Waals surface area contributed by atoms with Crippen LogP contribution < -0.4 is 5.32 Å². The van der Waals surface area contributed by atoms with E-state index in [0.29, 0.717) is 0 Å². The molecule has 3 nitrogen and oxygen atoms in total. The molecular weight excluding hydrogens is 258 g/mol. The van der Waals surface area contributed by atoms with Gasteiger partial charge in [-0.3, -0.25) is 4.90 Å². The van der Waals surface area contributed by atoms with Crippen molar-refractivity contribution in [3.8, 4) is 0 Å². The molecule has 124 valence electrons. The molecular formula is C18H37N3. The summed E-state index contributed by atoms with van der Waals surface area (Å²) in [7, 11) is 4.49. The minimum absolute atomic E-state index is 0.730. The second-order valence-corrected chi connectivity index (χ2v) is 7.47. The van der Waals surface area contributed by atoms with E-state index in [1.807, 2.05) is 0 Å². The highest BCUT2D eigenvalue weighted by atomic mass is 15.2. The van der Waals surface area contributed by atoms with Crippen LogP contribution in [0.2, 0.25) is 0 Å². The molecule has 1 saturated heterocycles. The zero-order chi connectivity index (χ0) is 15.2. The van der Waals surface area contributed by atoms with Crippen molar-refractivity contribution in [1.29, 1.82) is 0 Å². The van der Waals surface area contributed by atoms with E-state index in [1.54, 1.807) is 0 Å². The Morgan fingerprint density at radius 2 is 1.95 bits per heavy atom. The summed E-state index contributed by atoms with van der Waals surface area (Å²) in [5.41, 5.74) is 0. The number of nitrogens with one attached hydrogen (secondary N) is 1. The number of piperidine rings is 1. The molecule has 0 aromatic carbocycles. The van der Waals surface area contributed by atoms with E-state index in [1.165, 1.54) is 64.6 Å². The lowest BCUT2D eigenvalue weighted by molar-refractivity contribution is 0.0464. The van der Waals surface area contributed by atoms with Gasteiger partial charge in [-0.05, 0) is 71.6 Å². The number of hydrogen-bond donors (Lipinski definition) is 1. The first-order valence-corrected chi connectivity index (χ1v) is 9.29. The molecule has 3 heteroatoms. The van der Waals surface area contributed by atoms with Gasteiger partial charge in [0.05, 0.1) is 0 Å². The van der Waals surface area contributed by atoms with Crippen LogP contribution >= 0.6 is 0 Å². The van der Waals surface area contributed by atoms with Crippen molar-refractivity contribution in [2.75, 3.05) is 33.7 Å². The van der Waals surface area contributed by atoms with E-state index >= 15 is 0 Å². The minimum Gasteiger partial charge on any atom is -0.312 e. The maximum absolute atomic E-state index is 3.85. The van der Waals surface area contributed by atoms with Gasteiger partial charge >= 0.3 is 0 Å². The summed E-state index contributed by atoms with van der Waals surface area (Å²) in [6.07, 6.45) is 9.59. The van der Waals surface area contributed by atoms with Gasteiger partial charge in [0.1, 0.15) is 0 Å². The van der Waals surface area contributed by atoms with Crippen molar-refractivity contribution < 1.29 is 0 Å². The highest BCUT2D eigenvalue weighted by Crippen LogP contribution is 2.32. The fraction of sp³-hybridized carbons (Fsp3) is 1.00. The largest absolute Gasteiger partial charge is 0.312 e. The van der Waals surface area contributed by atoms with Crippen LogP contribution in [0.1, 0.15) is 58.8 Å². The van der Waals surface area contributed by atoms with Crippen molar-refractivity contribution in [2.45, 2.75) is 76.9 Å². The van der Waals surface area contributed by atoms with Gasteiger partial charge in [-0.2, -0.15) is 0 Å². The first-order chi connectivity index (χ1) is 10.2. The Bertz CT molecular complexity index is 292. The van der Waals surface area contributed by atoms with Gasteiger partial charge in [0.2, 0.25) is 0 Å². The maximum atomic E-state index is 3.85. The Balaban J connectivity index is 1.99. The average molecular weight is 296 g/mol. The third-order valence-electron chi connectivity index (χ3n) is 5.79. The Labute approximate surface area is 132 Å². The highest BCUT2D eigenvalue weighted by molar-refractivity contribution is 4.93. The quantitative estimate of drug-likeness (QED) is 0.813. The van der Waals surface area contributed by atoms with Gasteiger partial charge in [-0.15, -0.1) is 0 Å². The van der Waals surface area contributed by atoms with Crippen LogP contribution in [0.15, 0.2) is 0 Å². The molecule has 2 fully saturated rings. The van der Waals surface area contributed by atoms with E-state index in [-0.39, 0.29) is 0 Å². The number of rotatable bonds is 6. The van der Waals surface area contributed by atoms with Crippen LogP contribution in [0.5, 0.6) is 0 Å². The van der Waals surface area contributed by atoms with Crippen LogP contribution in [-0.4, -0.2) is 61.7 Å². The number of likely N-dealkylation sites (N-methyl/N-ethyl adjacent to an activating group) is 1. The maximum Gasteiger partial charge on any atom is 0.0252 e. The second kappa shape index (κ2) is 8.50. The predicted octanol–water partition coefficient (Wildman–Crippen LogP) is 2.96. The van der Waals surface area contributed by atoms with E-state index in [9.17, 15) is 0 Å². The Morgan fingerprint density at radius 1 is 1.14 bits per heavy atom. The van der Waals surface area contributed by atoms with Gasteiger partial charge in [-0.25, -0.2) is 0 Å². The smallest absolute Gasteiger partial charge is 0.0252 e. The summed E-state index contributed by atoms with van der Waals surface area (Å²) in [6, 6.07) is 2.26. The molecule has 2 aliphatic rings. The number of likely N-dealkylation sites (tertiary alicyclic amines) is 1. The topological polar surface area (TPSA) is 18.5 Å². The molecule has 1 heterocycles. The molecule has 1 N–H and O–H groups in total. The summed E-state index contributed by atoms with van der Waals surface area (Å²) in [6.45, 7) is 8.43. The van der Waals surface area contributed by atoms with Crippen molar-refractivity contribution in [1.82, 2.24) is 15.1 Å². The third kappa shape index (κ3) is 4.67. The zero-order valence-corrected chi connectivity index (χ0v) is 14.8. The minimum atomic E-state index is 0.730. The lowest BCUT2D eigenvalue weighted by atomic mass is 9.79. The summed E-state index contributed by atoms with van der Waals surface area (Å²) in [5, 5.41) is 3.85. The monoisotopic (exact) mass is 295 g/mol. The van der Waals surface area contributed by atoms with Crippen LogP contribution in [0.25, 0.3) is 0 Å². The van der Waals surface area contributed by atoms with Gasteiger partial charge in [0.15, 0.2) is 0 Å². The normalized spacial score (nSPS) is 35.3. The molecule has 21 heavy (non-hydrogen) atoms. The van der Waals surface area contributed by atoms with Gasteiger partial charge in [0.25, 0.3) is 0 Å². The molecule has 1 saturated carbocycles.